The number of anilines is 1. The van der Waals surface area contributed by atoms with Crippen LogP contribution >= 0.6 is 23.3 Å². The minimum atomic E-state index is 0.622. The summed E-state index contributed by atoms with van der Waals surface area (Å²) in [7, 11) is 4.26. The second-order valence-corrected chi connectivity index (χ2v) is 10.3. The Bertz CT molecular complexity index is 1390. The van der Waals surface area contributed by atoms with Gasteiger partial charge in [0.05, 0.1) is 29.0 Å². The van der Waals surface area contributed by atoms with Crippen molar-refractivity contribution in [3.8, 4) is 0 Å². The third-order valence-electron chi connectivity index (χ3n) is 6.50. The van der Waals surface area contributed by atoms with Gasteiger partial charge in [-0.05, 0) is 73.3 Å². The van der Waals surface area contributed by atoms with Gasteiger partial charge in [0, 0.05) is 13.1 Å². The lowest BCUT2D eigenvalue weighted by atomic mass is 9.93. The lowest BCUT2D eigenvalue weighted by Gasteiger charge is -2.13. The van der Waals surface area contributed by atoms with E-state index in [1.807, 2.05) is 12.1 Å². The van der Waals surface area contributed by atoms with E-state index >= 15 is 0 Å². The van der Waals surface area contributed by atoms with Gasteiger partial charge in [0.25, 0.3) is 0 Å². The Balaban J connectivity index is 0.000000157. The molecule has 0 saturated carbocycles. The number of fused-ring (bicyclic) bond motifs is 3. The zero-order valence-corrected chi connectivity index (χ0v) is 22.7. The molecule has 0 radical (unpaired) electrons. The summed E-state index contributed by atoms with van der Waals surface area (Å²) in [6.45, 7) is 2.73. The van der Waals surface area contributed by atoms with Crippen LogP contribution in [0.4, 0.5) is 5.69 Å². The second kappa shape index (κ2) is 11.9. The van der Waals surface area contributed by atoms with Crippen molar-refractivity contribution in [2.75, 3.05) is 39.0 Å². The first-order valence-corrected chi connectivity index (χ1v) is 13.7. The van der Waals surface area contributed by atoms with E-state index in [-0.39, 0.29) is 0 Å². The molecule has 4 aromatic rings. The molecular weight excluding hydrogens is 500 g/mol. The standard InChI is InChI=1S/C20H23N.C9H8ClN5S/c1-21(2)15-7-12-20-18-10-5-3-8-16(18)13-14-17-9-4-6-11-19(17)20;10-5-1-2-6-8(15-16-14-6)7(5)13-9-11-3-4-12-9/h3-6,8-12H,7,13-15H2,1-2H3;1-2H,3-4H2,(H2,11,12,13). The summed E-state index contributed by atoms with van der Waals surface area (Å²) in [6.07, 6.45) is 5.78. The third-order valence-corrected chi connectivity index (χ3v) is 7.36. The first-order chi connectivity index (χ1) is 18.1. The number of hydrogen-bond donors (Lipinski definition) is 2. The van der Waals surface area contributed by atoms with Gasteiger partial charge < -0.3 is 15.5 Å². The molecule has 0 amide bonds. The van der Waals surface area contributed by atoms with E-state index in [1.54, 1.807) is 0 Å². The van der Waals surface area contributed by atoms with Gasteiger partial charge >= 0.3 is 0 Å². The van der Waals surface area contributed by atoms with Crippen molar-refractivity contribution in [1.82, 2.24) is 19.0 Å². The van der Waals surface area contributed by atoms with Gasteiger partial charge in [-0.2, -0.15) is 8.75 Å². The van der Waals surface area contributed by atoms with E-state index in [0.717, 1.165) is 61.6 Å². The van der Waals surface area contributed by atoms with Gasteiger partial charge in [-0.15, -0.1) is 0 Å². The summed E-state index contributed by atoms with van der Waals surface area (Å²) in [5.41, 5.74) is 9.60. The minimum Gasteiger partial charge on any atom is -0.354 e. The molecule has 37 heavy (non-hydrogen) atoms. The molecule has 0 unspecified atom stereocenters. The van der Waals surface area contributed by atoms with Crippen LogP contribution in [0.1, 0.15) is 28.7 Å². The summed E-state index contributed by atoms with van der Waals surface area (Å²) in [5, 5.41) is 6.90. The van der Waals surface area contributed by atoms with Crippen molar-refractivity contribution in [1.29, 1.82) is 0 Å². The second-order valence-electron chi connectivity index (χ2n) is 9.36. The third kappa shape index (κ3) is 6.01. The highest BCUT2D eigenvalue weighted by Crippen LogP contribution is 2.33. The van der Waals surface area contributed by atoms with Crippen molar-refractivity contribution in [3.05, 3.63) is 94.0 Å². The number of halogens is 1. The maximum absolute atomic E-state index is 6.13. The molecule has 0 bridgehead atoms. The van der Waals surface area contributed by atoms with E-state index in [0.29, 0.717) is 5.02 Å². The van der Waals surface area contributed by atoms with Crippen LogP contribution in [-0.4, -0.2) is 53.3 Å². The molecule has 1 aliphatic carbocycles. The van der Waals surface area contributed by atoms with Crippen LogP contribution in [0.5, 0.6) is 0 Å². The van der Waals surface area contributed by atoms with Crippen LogP contribution in [0, 0.1) is 0 Å². The van der Waals surface area contributed by atoms with Gasteiger partial charge in [0.15, 0.2) is 5.96 Å². The van der Waals surface area contributed by atoms with Gasteiger partial charge in [-0.25, -0.2) is 0 Å². The average molecular weight is 531 g/mol. The molecule has 0 saturated heterocycles. The number of guanidine groups is 1. The lowest BCUT2D eigenvalue weighted by molar-refractivity contribution is 0.417. The molecule has 6 rings (SSSR count). The first-order valence-electron chi connectivity index (χ1n) is 12.6. The molecule has 1 aliphatic heterocycles. The zero-order valence-electron chi connectivity index (χ0n) is 21.2. The number of aromatic nitrogens is 2. The van der Waals surface area contributed by atoms with E-state index in [9.17, 15) is 0 Å². The topological polar surface area (TPSA) is 65.4 Å². The molecule has 0 atom stereocenters. The summed E-state index contributed by atoms with van der Waals surface area (Å²) < 4.78 is 8.39. The molecule has 190 valence electrons. The van der Waals surface area contributed by atoms with Crippen molar-refractivity contribution >= 4 is 51.6 Å². The lowest BCUT2D eigenvalue weighted by Crippen LogP contribution is -2.26. The Morgan fingerprint density at radius 2 is 1.68 bits per heavy atom. The molecule has 6 nitrogen and oxygen atoms in total. The molecule has 0 spiro atoms. The summed E-state index contributed by atoms with van der Waals surface area (Å²) in [6, 6.07) is 21.4. The van der Waals surface area contributed by atoms with Gasteiger partial charge in [0.2, 0.25) is 0 Å². The average Bonchev–Trinajstić information content (AvgIpc) is 3.57. The Morgan fingerprint density at radius 3 is 2.32 bits per heavy atom. The fourth-order valence-corrected chi connectivity index (χ4v) is 5.39. The van der Waals surface area contributed by atoms with Crippen LogP contribution in [0.25, 0.3) is 16.6 Å². The minimum absolute atomic E-state index is 0.622. The molecule has 1 aromatic heterocycles. The molecule has 8 heteroatoms. The quantitative estimate of drug-likeness (QED) is 0.345. The van der Waals surface area contributed by atoms with Crippen molar-refractivity contribution < 1.29 is 0 Å². The van der Waals surface area contributed by atoms with E-state index in [1.165, 1.54) is 39.6 Å². The maximum atomic E-state index is 6.13. The van der Waals surface area contributed by atoms with Gasteiger partial charge in [-0.1, -0.05) is 66.2 Å². The van der Waals surface area contributed by atoms with Crippen molar-refractivity contribution in [3.63, 3.8) is 0 Å². The Labute approximate surface area is 227 Å². The highest BCUT2D eigenvalue weighted by Gasteiger charge is 2.17. The normalized spacial score (nSPS) is 14.2. The predicted octanol–water partition coefficient (Wildman–Crippen LogP) is 5.88. The number of hydrogen-bond acceptors (Lipinski definition) is 7. The SMILES string of the molecule is CN(C)CCC=C1c2ccccc2CCc2ccccc21.Clc1ccc2nsnc2c1NC1=NCCN1. The number of nitrogens with one attached hydrogen (secondary N) is 2. The molecule has 2 N–H and O–H groups in total. The van der Waals surface area contributed by atoms with Gasteiger partial charge in [0.1, 0.15) is 11.0 Å². The summed E-state index contributed by atoms with van der Waals surface area (Å²) in [5.74, 6) is 0.738. The van der Waals surface area contributed by atoms with E-state index in [2.05, 4.69) is 98.0 Å². The highest BCUT2D eigenvalue weighted by atomic mass is 35.5. The zero-order chi connectivity index (χ0) is 25.6. The highest BCUT2D eigenvalue weighted by molar-refractivity contribution is 7.00. The molecule has 2 heterocycles. The number of rotatable bonds is 4. The van der Waals surface area contributed by atoms with Crippen LogP contribution in [0.2, 0.25) is 5.02 Å². The van der Waals surface area contributed by atoms with Crippen molar-refractivity contribution in [2.24, 2.45) is 4.99 Å². The Morgan fingerprint density at radius 1 is 0.973 bits per heavy atom. The van der Waals surface area contributed by atoms with Crippen molar-refractivity contribution in [2.45, 2.75) is 19.3 Å². The fraction of sp³-hybridized carbons (Fsp3) is 0.276. The fourth-order valence-electron chi connectivity index (χ4n) is 4.65. The Kier molecular flexibility index (Phi) is 8.14. The number of aliphatic imine (C=N–C) groups is 1. The molecule has 0 fully saturated rings. The molecule has 3 aromatic carbocycles. The summed E-state index contributed by atoms with van der Waals surface area (Å²) in [4.78, 5) is 6.50. The maximum Gasteiger partial charge on any atom is 0.196 e. The van der Waals surface area contributed by atoms with Crippen LogP contribution in [0.15, 0.2) is 71.7 Å². The van der Waals surface area contributed by atoms with Crippen LogP contribution in [-0.2, 0) is 12.8 Å². The van der Waals surface area contributed by atoms with E-state index in [4.69, 9.17) is 11.6 Å². The van der Waals surface area contributed by atoms with Gasteiger partial charge in [-0.3, -0.25) is 4.99 Å². The monoisotopic (exact) mass is 530 g/mol. The predicted molar refractivity (Wildman–Crippen MR) is 157 cm³/mol. The summed E-state index contributed by atoms with van der Waals surface area (Å²) >= 11 is 7.30. The van der Waals surface area contributed by atoms with E-state index < -0.39 is 0 Å². The number of nitrogens with zero attached hydrogens (tertiary/aromatic N) is 4. The number of aryl methyl sites for hydroxylation is 2. The largest absolute Gasteiger partial charge is 0.354 e. The molecule has 2 aliphatic rings. The smallest absolute Gasteiger partial charge is 0.196 e. The van der Waals surface area contributed by atoms with Crippen LogP contribution in [0.3, 0.4) is 0 Å². The molecular formula is C29H31ClN6S. The Hall–Kier alpha value is -3.26. The van der Waals surface area contributed by atoms with Crippen LogP contribution < -0.4 is 10.6 Å². The first kappa shape index (κ1) is 25.4. The number of benzene rings is 3.